The molecule has 2 aliphatic rings. The highest BCUT2D eigenvalue weighted by Crippen LogP contribution is 2.44. The molecule has 0 aromatic rings. The molecule has 0 saturated carbocycles. The van der Waals surface area contributed by atoms with Crippen LogP contribution in [0.4, 0.5) is 4.32 Å². The number of carboxylic acid groups (broad SMARTS) is 1. The Bertz CT molecular complexity index is 636. The van der Waals surface area contributed by atoms with Gasteiger partial charge in [0.25, 0.3) is 19.3 Å². The predicted octanol–water partition coefficient (Wildman–Crippen LogP) is -2.93. The minimum absolute atomic E-state index is 0.174. The van der Waals surface area contributed by atoms with E-state index in [0.717, 1.165) is 22.9 Å². The van der Waals surface area contributed by atoms with Crippen LogP contribution in [0.2, 0.25) is 6.32 Å². The van der Waals surface area contributed by atoms with E-state index in [9.17, 15) is 28.9 Å². The quantitative estimate of drug-likeness (QED) is 0.138. The largest absolute Gasteiger partial charge is 0.480 e. The molecule has 1 fully saturated rings. The maximum absolute atomic E-state index is 12.3. The number of β-lactam (4-membered cyclic amide) rings is 1. The van der Waals surface area contributed by atoms with Crippen molar-refractivity contribution in [2.75, 3.05) is 0 Å². The van der Waals surface area contributed by atoms with Crippen LogP contribution < -0.4 is 5.32 Å². The fourth-order valence-electron chi connectivity index (χ4n) is 2.64. The van der Waals surface area contributed by atoms with Crippen molar-refractivity contribution in [3.05, 3.63) is 11.3 Å². The summed E-state index contributed by atoms with van der Waals surface area (Å²) in [5.41, 5.74) is -1.26. The van der Waals surface area contributed by atoms with Gasteiger partial charge in [-0.25, -0.2) is 4.79 Å². The Morgan fingerprint density at radius 2 is 2.28 bits per heavy atom. The predicted molar refractivity (Wildman–Crippen MR) is 93.8 cm³/mol. The number of aliphatic hydroxyl groups is 1. The van der Waals surface area contributed by atoms with Gasteiger partial charge in [0.1, 0.15) is 35.9 Å². The first-order valence-corrected chi connectivity index (χ1v) is 8.42. The van der Waals surface area contributed by atoms with Crippen molar-refractivity contribution in [3.8, 4) is 0 Å². The Balaban J connectivity index is 2.18. The van der Waals surface area contributed by atoms with E-state index in [1.807, 2.05) is 0 Å². The van der Waals surface area contributed by atoms with Gasteiger partial charge in [-0.15, -0.1) is 5.16 Å². The van der Waals surface area contributed by atoms with Crippen LogP contribution in [0, 0.1) is 0 Å². The van der Waals surface area contributed by atoms with Crippen LogP contribution in [-0.4, -0.2) is 78.6 Å². The Kier molecular flexibility index (Phi) is 6.54. The molecular weight excluding hydrogens is 354 g/mol. The van der Waals surface area contributed by atoms with Crippen LogP contribution >= 0.6 is 11.8 Å². The number of nitrogens with one attached hydrogen (secondary N) is 1. The number of aliphatic carboxylic acids is 1. The third-order valence-electron chi connectivity index (χ3n) is 3.76. The number of oxime groups is 1. The summed E-state index contributed by atoms with van der Waals surface area (Å²) in [6.07, 6.45) is 1.38. The van der Waals surface area contributed by atoms with E-state index >= 15 is 0 Å². The lowest BCUT2D eigenvalue weighted by Gasteiger charge is -2.50. The molecule has 9 nitrogen and oxygen atoms in total. The average Bonchev–Trinajstić information content (AvgIpc) is 2.58. The normalized spacial score (nSPS) is 25.3. The molecule has 14 heteroatoms. The summed E-state index contributed by atoms with van der Waals surface area (Å²) in [6, 6.07) is -0.975. The smallest absolute Gasteiger partial charge is 0.360 e. The number of thioether (sulfide) groups is 1. The zero-order valence-corrected chi connectivity index (χ0v) is 14.2. The van der Waals surface area contributed by atoms with Gasteiger partial charge in [0, 0.05) is 0 Å². The van der Waals surface area contributed by atoms with E-state index in [1.54, 1.807) is 0 Å². The fraction of sp³-hybridized carbons (Fsp3) is 0.455. The topological polar surface area (TPSA) is 129 Å². The molecule has 132 valence electrons. The number of carboxylic acids is 1. The third kappa shape index (κ3) is 4.01. The first kappa shape index (κ1) is 19.4. The number of aliphatic hydroxyl groups excluding tert-OH is 1. The van der Waals surface area contributed by atoms with Crippen LogP contribution in [0.25, 0.3) is 0 Å². The van der Waals surface area contributed by atoms with Crippen molar-refractivity contribution in [3.63, 3.8) is 0 Å². The number of fused-ring (bicyclic) bond motifs is 1. The van der Waals surface area contributed by atoms with E-state index in [0.29, 0.717) is 6.32 Å². The second-order valence-electron chi connectivity index (χ2n) is 5.32. The summed E-state index contributed by atoms with van der Waals surface area (Å²) >= 11 is 0.956. The maximum Gasteiger partial charge on any atom is 0.360 e. The number of hydrogen-bond donors (Lipinski definition) is 3. The van der Waals surface area contributed by atoms with Crippen molar-refractivity contribution in [1.29, 1.82) is 0 Å². The second-order valence-corrected chi connectivity index (χ2v) is 6.52. The van der Waals surface area contributed by atoms with E-state index in [1.165, 1.54) is 8.05 Å². The summed E-state index contributed by atoms with van der Waals surface area (Å²) in [4.78, 5) is 36.5. The second kappa shape index (κ2) is 8.43. The van der Waals surface area contributed by atoms with Gasteiger partial charge < -0.3 is 24.6 Å². The summed E-state index contributed by atoms with van der Waals surface area (Å²) in [5.74, 6) is -2.62. The number of rotatable bonds is 8. The highest BCUT2D eigenvalue weighted by molar-refractivity contribution is 8.00. The van der Waals surface area contributed by atoms with E-state index in [2.05, 4.69) is 15.2 Å². The van der Waals surface area contributed by atoms with Crippen molar-refractivity contribution in [2.45, 2.75) is 29.6 Å². The maximum atomic E-state index is 12.3. The molecule has 0 radical (unpaired) electrons. The minimum atomic E-state index is -1.35. The van der Waals surface area contributed by atoms with Gasteiger partial charge in [-0.1, -0.05) is 18.1 Å². The first-order valence-electron chi connectivity index (χ1n) is 7.48. The molecule has 0 aromatic heterocycles. The molecular formula is C11H15B3FN3O6S. The van der Waals surface area contributed by atoms with Gasteiger partial charge in [0.15, 0.2) is 0 Å². The number of carbonyl (C=O) groups is 3. The molecule has 3 atom stereocenters. The molecule has 1 saturated heterocycles. The average molecular weight is 369 g/mol. The zero-order valence-electron chi connectivity index (χ0n) is 13.3. The molecule has 3 unspecified atom stereocenters. The molecule has 25 heavy (non-hydrogen) atoms. The van der Waals surface area contributed by atoms with Gasteiger partial charge >= 0.3 is 14.0 Å². The molecule has 0 aliphatic carbocycles. The van der Waals surface area contributed by atoms with Crippen LogP contribution in [0.15, 0.2) is 16.4 Å². The SMILES string of the molecule is BO/N=C\C(=O)NC1C(=O)N2C(C(=O)O)=C(CCBBF)C(O)SC12. The lowest BCUT2D eigenvalue weighted by molar-refractivity contribution is -0.150. The van der Waals surface area contributed by atoms with E-state index in [4.69, 9.17) is 0 Å². The number of carbonyl (C=O) groups excluding carboxylic acids is 2. The summed E-state index contributed by atoms with van der Waals surface area (Å²) in [5, 5.41) is 24.6. The molecule has 2 heterocycles. The lowest BCUT2D eigenvalue weighted by atomic mass is 9.49. The molecule has 3 N–H and O–H groups in total. The summed E-state index contributed by atoms with van der Waals surface area (Å²) in [6.45, 7) is 0. The third-order valence-corrected chi connectivity index (χ3v) is 5.06. The molecule has 0 aromatic carbocycles. The minimum Gasteiger partial charge on any atom is -0.480 e. The van der Waals surface area contributed by atoms with E-state index < -0.39 is 42.1 Å². The molecule has 2 aliphatic heterocycles. The Labute approximate surface area is 149 Å². The summed E-state index contributed by atoms with van der Waals surface area (Å²) < 4.78 is 16.6. The van der Waals surface area contributed by atoms with Gasteiger partial charge in [0.05, 0.1) is 0 Å². The molecule has 2 amide bonds. The van der Waals surface area contributed by atoms with Crippen LogP contribution in [-0.2, 0) is 19.1 Å². The van der Waals surface area contributed by atoms with Crippen molar-refractivity contribution in [2.24, 2.45) is 5.16 Å². The van der Waals surface area contributed by atoms with Crippen LogP contribution in [0.3, 0.4) is 0 Å². The van der Waals surface area contributed by atoms with Gasteiger partial charge in [-0.2, -0.15) is 0 Å². The van der Waals surface area contributed by atoms with Crippen molar-refractivity contribution >= 4 is 58.4 Å². The van der Waals surface area contributed by atoms with Crippen LogP contribution in [0.5, 0.6) is 0 Å². The number of halogens is 1. The fourth-order valence-corrected chi connectivity index (χ4v) is 3.97. The Hall–Kier alpha value is -1.95. The first-order chi connectivity index (χ1) is 11.9. The highest BCUT2D eigenvalue weighted by atomic mass is 32.2. The zero-order chi connectivity index (χ0) is 18.6. The Morgan fingerprint density at radius 3 is 2.88 bits per heavy atom. The monoisotopic (exact) mass is 369 g/mol. The van der Waals surface area contributed by atoms with Gasteiger partial charge in [0.2, 0.25) is 0 Å². The van der Waals surface area contributed by atoms with Crippen LogP contribution in [0.1, 0.15) is 6.42 Å². The molecule has 0 spiro atoms. The van der Waals surface area contributed by atoms with Gasteiger partial charge in [-0.3, -0.25) is 14.5 Å². The van der Waals surface area contributed by atoms with Gasteiger partial charge in [-0.05, 0) is 12.0 Å². The number of amides is 2. The molecule has 0 bridgehead atoms. The Morgan fingerprint density at radius 1 is 1.56 bits per heavy atom. The lowest BCUT2D eigenvalue weighted by Crippen LogP contribution is -2.71. The molecule has 2 rings (SSSR count). The highest BCUT2D eigenvalue weighted by Gasteiger charge is 2.55. The standard InChI is InChI=1S/C11H15B3FN3O6S/c12-24-16-3-5(19)17-6-8(20)18-7(10(21)22)4(1-2-13-14-15)11(23)25-9(6)18/h3,6,9,11,13-14,23H,1-2,12H2,(H,17,19)(H,21,22)/b16-3-. The number of hydrogen-bond acceptors (Lipinski definition) is 7. The van der Waals surface area contributed by atoms with Crippen molar-refractivity contribution in [1.82, 2.24) is 10.2 Å². The number of nitrogens with zero attached hydrogens (tertiary/aromatic N) is 2. The van der Waals surface area contributed by atoms with Crippen molar-refractivity contribution < 1.29 is 33.7 Å². The van der Waals surface area contributed by atoms with E-state index in [-0.39, 0.29) is 24.9 Å². The summed E-state index contributed by atoms with van der Waals surface area (Å²) in [7, 11) is 0.950.